The molecule has 0 bridgehead atoms. The van der Waals surface area contributed by atoms with Crippen molar-refractivity contribution in [1.29, 1.82) is 0 Å². The Kier molecular flexibility index (Phi) is 3.86. The van der Waals surface area contributed by atoms with Crippen molar-refractivity contribution in [3.63, 3.8) is 0 Å². The molecule has 3 rings (SSSR count). The Balaban J connectivity index is 1.73. The Hall–Kier alpha value is -2.70. The van der Waals surface area contributed by atoms with Crippen molar-refractivity contribution in [3.8, 4) is 0 Å². The molecule has 0 unspecified atom stereocenters. The maximum Gasteiger partial charge on any atom is 0.326 e. The van der Waals surface area contributed by atoms with Gasteiger partial charge in [-0.2, -0.15) is 0 Å². The Morgan fingerprint density at radius 2 is 2.05 bits per heavy atom. The maximum atomic E-state index is 12.4. The summed E-state index contributed by atoms with van der Waals surface area (Å²) in [4.78, 5) is 24.9. The Bertz CT molecular complexity index is 683. The van der Waals surface area contributed by atoms with Gasteiger partial charge < -0.3 is 10.0 Å². The van der Waals surface area contributed by atoms with Crippen LogP contribution in [0, 0.1) is 0 Å². The number of carbonyl (C=O) groups is 2. The van der Waals surface area contributed by atoms with E-state index in [9.17, 15) is 9.59 Å². The number of hydrogen-bond donors (Lipinski definition) is 1. The molecule has 1 atom stereocenters. The van der Waals surface area contributed by atoms with Crippen LogP contribution in [0.2, 0.25) is 0 Å². The first-order valence-electron chi connectivity index (χ1n) is 7.13. The highest BCUT2D eigenvalue weighted by Crippen LogP contribution is 2.19. The van der Waals surface area contributed by atoms with Gasteiger partial charge in [0.15, 0.2) is 5.69 Å². The van der Waals surface area contributed by atoms with E-state index in [4.69, 9.17) is 5.11 Å². The number of carbonyl (C=O) groups excluding carboxylic acids is 1. The van der Waals surface area contributed by atoms with Crippen LogP contribution >= 0.6 is 0 Å². The lowest BCUT2D eigenvalue weighted by atomic mass is 10.2. The normalized spacial score (nSPS) is 17.6. The highest BCUT2D eigenvalue weighted by atomic mass is 16.4. The van der Waals surface area contributed by atoms with Crippen LogP contribution in [0.25, 0.3) is 0 Å². The number of likely N-dealkylation sites (tertiary alicyclic amines) is 1. The molecule has 0 aliphatic carbocycles. The number of benzene rings is 1. The first-order valence-corrected chi connectivity index (χ1v) is 7.13. The van der Waals surface area contributed by atoms with Gasteiger partial charge in [0.05, 0.1) is 12.7 Å². The molecule has 1 amide bonds. The van der Waals surface area contributed by atoms with Crippen molar-refractivity contribution >= 4 is 11.9 Å². The van der Waals surface area contributed by atoms with Crippen molar-refractivity contribution in [2.75, 3.05) is 6.54 Å². The summed E-state index contributed by atoms with van der Waals surface area (Å²) in [6, 6.07) is 8.96. The maximum absolute atomic E-state index is 12.4. The molecule has 2 aromatic rings. The summed E-state index contributed by atoms with van der Waals surface area (Å²) in [6.45, 7) is 0.963. The first kappa shape index (κ1) is 14.2. The second-order valence-corrected chi connectivity index (χ2v) is 5.28. The molecule has 0 spiro atoms. The predicted molar refractivity (Wildman–Crippen MR) is 77.3 cm³/mol. The average Bonchev–Trinajstić information content (AvgIpc) is 3.16. The van der Waals surface area contributed by atoms with Crippen LogP contribution in [0.15, 0.2) is 36.5 Å². The molecule has 1 saturated heterocycles. The minimum atomic E-state index is -0.970. The lowest BCUT2D eigenvalue weighted by Crippen LogP contribution is -2.40. The van der Waals surface area contributed by atoms with Crippen LogP contribution in [-0.2, 0) is 11.3 Å². The van der Waals surface area contributed by atoms with Crippen LogP contribution in [0.4, 0.5) is 0 Å². The third-order valence-corrected chi connectivity index (χ3v) is 3.74. The van der Waals surface area contributed by atoms with Gasteiger partial charge in [-0.3, -0.25) is 4.79 Å². The quantitative estimate of drug-likeness (QED) is 0.910. The Morgan fingerprint density at radius 1 is 1.27 bits per heavy atom. The van der Waals surface area contributed by atoms with Crippen LogP contribution in [-0.4, -0.2) is 49.5 Å². The van der Waals surface area contributed by atoms with Gasteiger partial charge >= 0.3 is 5.97 Å². The average molecular weight is 300 g/mol. The molecule has 0 saturated carbocycles. The van der Waals surface area contributed by atoms with Gasteiger partial charge in [0.25, 0.3) is 5.91 Å². The fourth-order valence-corrected chi connectivity index (χ4v) is 2.66. The van der Waals surface area contributed by atoms with Crippen LogP contribution in [0.5, 0.6) is 0 Å². The second-order valence-electron chi connectivity index (χ2n) is 5.28. The van der Waals surface area contributed by atoms with Crippen molar-refractivity contribution in [1.82, 2.24) is 19.9 Å². The molecule has 1 N–H and O–H groups in total. The third-order valence-electron chi connectivity index (χ3n) is 3.74. The summed E-state index contributed by atoms with van der Waals surface area (Å²) >= 11 is 0. The SMILES string of the molecule is O=C(O)[C@H]1CCCN1C(=O)c1cn(Cc2ccccc2)nn1. The minimum absolute atomic E-state index is 0.184. The molecule has 7 nitrogen and oxygen atoms in total. The van der Waals surface area contributed by atoms with Gasteiger partial charge in [-0.1, -0.05) is 35.5 Å². The monoisotopic (exact) mass is 300 g/mol. The van der Waals surface area contributed by atoms with Gasteiger partial charge in [-0.15, -0.1) is 5.10 Å². The molecule has 1 aromatic carbocycles. The fourth-order valence-electron chi connectivity index (χ4n) is 2.66. The molecule has 22 heavy (non-hydrogen) atoms. The number of aliphatic carboxylic acids is 1. The highest BCUT2D eigenvalue weighted by Gasteiger charge is 2.35. The van der Waals surface area contributed by atoms with Crippen LogP contribution in [0.1, 0.15) is 28.9 Å². The highest BCUT2D eigenvalue weighted by molar-refractivity contribution is 5.95. The fraction of sp³-hybridized carbons (Fsp3) is 0.333. The summed E-state index contributed by atoms with van der Waals surface area (Å²) in [5.41, 5.74) is 1.24. The molecular weight excluding hydrogens is 284 g/mol. The topological polar surface area (TPSA) is 88.3 Å². The molecule has 7 heteroatoms. The molecular formula is C15H16N4O3. The molecule has 1 fully saturated rings. The number of carboxylic acid groups (broad SMARTS) is 1. The molecule has 1 aliphatic rings. The number of amides is 1. The predicted octanol–water partition coefficient (Wildman–Crippen LogP) is 1.02. The molecule has 0 radical (unpaired) electrons. The van der Waals surface area contributed by atoms with Crippen molar-refractivity contribution in [2.24, 2.45) is 0 Å². The van der Waals surface area contributed by atoms with Gasteiger partial charge in [-0.05, 0) is 18.4 Å². The van der Waals surface area contributed by atoms with Gasteiger partial charge in [-0.25, -0.2) is 9.48 Å². The van der Waals surface area contributed by atoms with Crippen molar-refractivity contribution in [3.05, 3.63) is 47.8 Å². The molecule has 2 heterocycles. The van der Waals surface area contributed by atoms with Gasteiger partial charge in [0.1, 0.15) is 6.04 Å². The van der Waals surface area contributed by atoms with Crippen molar-refractivity contribution in [2.45, 2.75) is 25.4 Å². The van der Waals surface area contributed by atoms with E-state index in [2.05, 4.69) is 10.3 Å². The van der Waals surface area contributed by atoms with E-state index >= 15 is 0 Å². The third kappa shape index (κ3) is 2.83. The number of nitrogens with zero attached hydrogens (tertiary/aromatic N) is 4. The van der Waals surface area contributed by atoms with Crippen LogP contribution < -0.4 is 0 Å². The van der Waals surface area contributed by atoms with Crippen molar-refractivity contribution < 1.29 is 14.7 Å². The number of hydrogen-bond acceptors (Lipinski definition) is 4. The summed E-state index contributed by atoms with van der Waals surface area (Å²) in [5, 5.41) is 17.0. The van der Waals surface area contributed by atoms with Crippen LogP contribution in [0.3, 0.4) is 0 Å². The van der Waals surface area contributed by atoms with E-state index in [1.807, 2.05) is 30.3 Å². The Labute approximate surface area is 127 Å². The summed E-state index contributed by atoms with van der Waals surface area (Å²) in [5.74, 6) is -1.34. The zero-order valence-corrected chi connectivity index (χ0v) is 11.9. The second kappa shape index (κ2) is 5.97. The number of aromatic nitrogens is 3. The Morgan fingerprint density at radius 3 is 2.77 bits per heavy atom. The van der Waals surface area contributed by atoms with E-state index < -0.39 is 12.0 Å². The van der Waals surface area contributed by atoms with E-state index in [0.717, 1.165) is 5.56 Å². The van der Waals surface area contributed by atoms with E-state index in [0.29, 0.717) is 25.9 Å². The largest absolute Gasteiger partial charge is 0.480 e. The van der Waals surface area contributed by atoms with E-state index in [1.165, 1.54) is 4.90 Å². The van der Waals surface area contributed by atoms with E-state index in [-0.39, 0.29) is 11.6 Å². The molecule has 114 valence electrons. The lowest BCUT2D eigenvalue weighted by molar-refractivity contribution is -0.141. The minimum Gasteiger partial charge on any atom is -0.480 e. The zero-order chi connectivity index (χ0) is 15.5. The molecule has 1 aliphatic heterocycles. The summed E-state index contributed by atoms with van der Waals surface area (Å²) < 4.78 is 1.58. The number of carboxylic acids is 1. The summed E-state index contributed by atoms with van der Waals surface area (Å²) in [6.07, 6.45) is 2.74. The smallest absolute Gasteiger partial charge is 0.326 e. The van der Waals surface area contributed by atoms with Gasteiger partial charge in [0.2, 0.25) is 0 Å². The van der Waals surface area contributed by atoms with Gasteiger partial charge in [0, 0.05) is 6.54 Å². The number of rotatable bonds is 4. The zero-order valence-electron chi connectivity index (χ0n) is 11.9. The summed E-state index contributed by atoms with van der Waals surface area (Å²) in [7, 11) is 0. The molecule has 1 aromatic heterocycles. The standard InChI is InChI=1S/C15H16N4O3/c20-14(19-8-4-7-13(19)15(21)22)12-10-18(17-16-12)9-11-5-2-1-3-6-11/h1-3,5-6,10,13H,4,7-9H2,(H,21,22)/t13-/m1/s1. The van der Waals surface area contributed by atoms with E-state index in [1.54, 1.807) is 10.9 Å². The lowest BCUT2D eigenvalue weighted by Gasteiger charge is -2.19. The first-order chi connectivity index (χ1) is 10.6.